The molecule has 2 aromatic carbocycles. The average molecular weight is 432 g/mol. The van der Waals surface area contributed by atoms with Crippen LogP contribution < -0.4 is 0 Å². The molecule has 3 aromatic rings. The second kappa shape index (κ2) is 7.47. The Morgan fingerprint density at radius 2 is 1.59 bits per heavy atom. The number of benzene rings is 2. The summed E-state index contributed by atoms with van der Waals surface area (Å²) in [5, 5.41) is 14.4. The van der Waals surface area contributed by atoms with Crippen molar-refractivity contribution in [3.8, 4) is 10.6 Å². The lowest BCUT2D eigenvalue weighted by molar-refractivity contribution is -0.138. The summed E-state index contributed by atoms with van der Waals surface area (Å²) in [4.78, 5) is 11.2. The number of hydrogen-bond acceptors (Lipinski definition) is 4. The number of rotatable bonds is 4. The van der Waals surface area contributed by atoms with Crippen LogP contribution in [0.25, 0.3) is 10.6 Å². The van der Waals surface area contributed by atoms with E-state index in [-0.39, 0.29) is 33.9 Å². The number of nitrogens with zero attached hydrogens (tertiary/aromatic N) is 2. The Bertz CT molecular complexity index is 1040. The van der Waals surface area contributed by atoms with Crippen LogP contribution in [0.3, 0.4) is 0 Å². The molecule has 0 spiro atoms. The van der Waals surface area contributed by atoms with E-state index in [9.17, 15) is 31.1 Å². The van der Waals surface area contributed by atoms with E-state index < -0.39 is 28.9 Å². The van der Waals surface area contributed by atoms with Crippen LogP contribution in [-0.4, -0.2) is 21.3 Å². The lowest BCUT2D eigenvalue weighted by Crippen LogP contribution is -2.04. The van der Waals surface area contributed by atoms with E-state index >= 15 is 0 Å². The summed E-state index contributed by atoms with van der Waals surface area (Å²) in [5.74, 6) is -1.28. The number of hydrogen-bond donors (Lipinski definition) is 1. The first kappa shape index (κ1) is 20.8. The van der Waals surface area contributed by atoms with Crippen molar-refractivity contribution in [2.45, 2.75) is 18.8 Å². The molecule has 0 saturated heterocycles. The van der Waals surface area contributed by atoms with E-state index in [2.05, 4.69) is 10.2 Å². The van der Waals surface area contributed by atoms with Crippen molar-refractivity contribution in [2.24, 2.45) is 0 Å². The molecule has 0 amide bonds. The summed E-state index contributed by atoms with van der Waals surface area (Å²) in [6, 6.07) is 8.11. The molecule has 1 N–H and O–H groups in total. The number of carbonyl (C=O) groups is 1. The molecule has 0 aliphatic heterocycles. The van der Waals surface area contributed by atoms with Crippen LogP contribution in [-0.2, 0) is 18.8 Å². The summed E-state index contributed by atoms with van der Waals surface area (Å²) in [5.41, 5.74) is -0.0121. The average Bonchev–Trinajstić information content (AvgIpc) is 3.12. The molecular formula is C18H10F6N2O2S. The molecule has 0 aliphatic rings. The SMILES string of the molecule is O=C(O)c1ccc(Cc2ccc(C(F)(F)F)cc2)c(-c2nnc(C(F)(F)F)s2)c1. The standard InChI is InChI=1S/C18H10F6N2O2S/c19-17(20,21)12-5-1-9(2-6-12)7-10-3-4-11(15(27)28)8-13(10)14-25-26-16(29-14)18(22,23)24/h1-6,8H,7H2,(H,27,28). The van der Waals surface area contributed by atoms with Gasteiger partial charge in [-0.05, 0) is 41.8 Å². The monoisotopic (exact) mass is 432 g/mol. The number of halogens is 6. The molecule has 152 valence electrons. The molecule has 0 fully saturated rings. The molecule has 1 aromatic heterocycles. The van der Waals surface area contributed by atoms with Crippen molar-refractivity contribution < 1.29 is 36.2 Å². The highest BCUT2D eigenvalue weighted by molar-refractivity contribution is 7.14. The summed E-state index contributed by atoms with van der Waals surface area (Å²) >= 11 is 0.255. The first-order chi connectivity index (χ1) is 13.4. The molecule has 0 saturated carbocycles. The molecule has 0 atom stereocenters. The second-order valence-electron chi connectivity index (χ2n) is 5.96. The fourth-order valence-corrected chi connectivity index (χ4v) is 3.30. The normalized spacial score (nSPS) is 12.2. The van der Waals surface area contributed by atoms with Gasteiger partial charge in [0.15, 0.2) is 0 Å². The number of carboxylic acid groups (broad SMARTS) is 1. The second-order valence-corrected chi connectivity index (χ2v) is 6.94. The van der Waals surface area contributed by atoms with Crippen molar-refractivity contribution in [2.75, 3.05) is 0 Å². The maximum Gasteiger partial charge on any atom is 0.445 e. The van der Waals surface area contributed by atoms with Crippen molar-refractivity contribution >= 4 is 17.3 Å². The number of carboxylic acids is 1. The number of alkyl halides is 6. The Kier molecular flexibility index (Phi) is 5.35. The quantitative estimate of drug-likeness (QED) is 0.551. The molecule has 4 nitrogen and oxygen atoms in total. The molecular weight excluding hydrogens is 422 g/mol. The smallest absolute Gasteiger partial charge is 0.445 e. The number of aromatic nitrogens is 2. The molecule has 0 radical (unpaired) electrons. The summed E-state index contributed by atoms with van der Waals surface area (Å²) in [6.07, 6.45) is -9.13. The van der Waals surface area contributed by atoms with Gasteiger partial charge in [0, 0.05) is 5.56 Å². The van der Waals surface area contributed by atoms with E-state index in [0.717, 1.165) is 12.1 Å². The Balaban J connectivity index is 2.00. The molecule has 0 bridgehead atoms. The van der Waals surface area contributed by atoms with Gasteiger partial charge in [0.25, 0.3) is 0 Å². The molecule has 29 heavy (non-hydrogen) atoms. The lowest BCUT2D eigenvalue weighted by Gasteiger charge is -2.10. The van der Waals surface area contributed by atoms with Gasteiger partial charge in [-0.15, -0.1) is 10.2 Å². The van der Waals surface area contributed by atoms with Crippen molar-refractivity contribution in [3.63, 3.8) is 0 Å². The van der Waals surface area contributed by atoms with Gasteiger partial charge in [0.05, 0.1) is 11.1 Å². The molecule has 0 aliphatic carbocycles. The first-order valence-electron chi connectivity index (χ1n) is 7.88. The maximum absolute atomic E-state index is 12.8. The van der Waals surface area contributed by atoms with Gasteiger partial charge in [-0.25, -0.2) is 4.79 Å². The summed E-state index contributed by atoms with van der Waals surface area (Å²) < 4.78 is 76.6. The lowest BCUT2D eigenvalue weighted by atomic mass is 9.97. The zero-order valence-corrected chi connectivity index (χ0v) is 15.0. The third-order valence-corrected chi connectivity index (χ3v) is 4.93. The fourth-order valence-electron chi connectivity index (χ4n) is 2.54. The van der Waals surface area contributed by atoms with Crippen LogP contribution in [0, 0.1) is 0 Å². The van der Waals surface area contributed by atoms with E-state index in [1.54, 1.807) is 0 Å². The van der Waals surface area contributed by atoms with Crippen LogP contribution in [0.4, 0.5) is 26.3 Å². The highest BCUT2D eigenvalue weighted by atomic mass is 32.1. The van der Waals surface area contributed by atoms with Gasteiger partial charge < -0.3 is 5.11 Å². The van der Waals surface area contributed by atoms with E-state index in [0.29, 0.717) is 11.1 Å². The minimum absolute atomic E-state index is 0.0638. The third kappa shape index (κ3) is 4.73. The van der Waals surface area contributed by atoms with Crippen LogP contribution in [0.15, 0.2) is 42.5 Å². The summed E-state index contributed by atoms with van der Waals surface area (Å²) in [7, 11) is 0. The number of aromatic carboxylic acids is 1. The Hall–Kier alpha value is -2.95. The van der Waals surface area contributed by atoms with Crippen LogP contribution in [0.2, 0.25) is 0 Å². The van der Waals surface area contributed by atoms with Gasteiger partial charge in [0.2, 0.25) is 5.01 Å². The van der Waals surface area contributed by atoms with Gasteiger partial charge >= 0.3 is 18.3 Å². The fraction of sp³-hybridized carbons (Fsp3) is 0.167. The van der Waals surface area contributed by atoms with Gasteiger partial charge in [0.1, 0.15) is 5.01 Å². The van der Waals surface area contributed by atoms with Crippen molar-refractivity contribution in [1.82, 2.24) is 10.2 Å². The molecule has 0 unspecified atom stereocenters. The predicted octanol–water partition coefficient (Wildman–Crippen LogP) is 5.53. The van der Waals surface area contributed by atoms with Crippen molar-refractivity contribution in [3.05, 3.63) is 69.7 Å². The highest BCUT2D eigenvalue weighted by Crippen LogP contribution is 2.37. The van der Waals surface area contributed by atoms with E-state index in [1.165, 1.54) is 30.3 Å². The maximum atomic E-state index is 12.8. The van der Waals surface area contributed by atoms with E-state index in [4.69, 9.17) is 5.11 Å². The Morgan fingerprint density at radius 1 is 0.931 bits per heavy atom. The molecule has 1 heterocycles. The van der Waals surface area contributed by atoms with Gasteiger partial charge in [-0.2, -0.15) is 26.3 Å². The molecule has 3 rings (SSSR count). The predicted molar refractivity (Wildman–Crippen MR) is 91.6 cm³/mol. The Morgan fingerprint density at radius 3 is 2.10 bits per heavy atom. The van der Waals surface area contributed by atoms with E-state index in [1.807, 2.05) is 0 Å². The minimum Gasteiger partial charge on any atom is -0.478 e. The Labute approximate surface area is 163 Å². The highest BCUT2D eigenvalue weighted by Gasteiger charge is 2.36. The third-order valence-electron chi connectivity index (χ3n) is 3.93. The van der Waals surface area contributed by atoms with Crippen molar-refractivity contribution in [1.29, 1.82) is 0 Å². The zero-order chi connectivity index (χ0) is 21.4. The molecule has 11 heteroatoms. The summed E-state index contributed by atoms with van der Waals surface area (Å²) in [6.45, 7) is 0. The van der Waals surface area contributed by atoms with Crippen LogP contribution in [0.5, 0.6) is 0 Å². The first-order valence-corrected chi connectivity index (χ1v) is 8.70. The minimum atomic E-state index is -4.70. The van der Waals surface area contributed by atoms with Crippen LogP contribution in [0.1, 0.15) is 32.1 Å². The van der Waals surface area contributed by atoms with Gasteiger partial charge in [-0.1, -0.05) is 29.5 Å². The van der Waals surface area contributed by atoms with Gasteiger partial charge in [-0.3, -0.25) is 0 Å². The van der Waals surface area contributed by atoms with Crippen LogP contribution >= 0.6 is 11.3 Å². The topological polar surface area (TPSA) is 63.1 Å². The largest absolute Gasteiger partial charge is 0.478 e. The zero-order valence-electron chi connectivity index (χ0n) is 14.2.